The zero-order valence-electron chi connectivity index (χ0n) is 13.7. The van der Waals surface area contributed by atoms with E-state index in [1.807, 2.05) is 0 Å². The Hall–Kier alpha value is -2.07. The van der Waals surface area contributed by atoms with Crippen LogP contribution in [-0.2, 0) is 22.8 Å². The van der Waals surface area contributed by atoms with E-state index in [0.717, 1.165) is 6.20 Å². The normalized spacial score (nSPS) is 20.7. The lowest BCUT2D eigenvalue weighted by atomic mass is 9.87. The van der Waals surface area contributed by atoms with Crippen molar-refractivity contribution in [2.45, 2.75) is 12.1 Å². The SMILES string of the molecule is CN1C[C@H](c2cnn(C)c2C(F)(F)F)[C@@H](C(=O)Nc2ccsc2Cl)C1=O. The molecule has 0 spiro atoms. The van der Waals surface area contributed by atoms with Gasteiger partial charge in [0.1, 0.15) is 15.9 Å². The summed E-state index contributed by atoms with van der Waals surface area (Å²) in [6.07, 6.45) is -3.58. The van der Waals surface area contributed by atoms with Gasteiger partial charge in [0.25, 0.3) is 0 Å². The second-order valence-corrected chi connectivity index (χ2v) is 7.49. The second kappa shape index (κ2) is 6.58. The Morgan fingerprint density at radius 3 is 2.69 bits per heavy atom. The van der Waals surface area contributed by atoms with Crippen LogP contribution in [0.15, 0.2) is 17.6 Å². The summed E-state index contributed by atoms with van der Waals surface area (Å²) < 4.78 is 41.2. The molecule has 26 heavy (non-hydrogen) atoms. The monoisotopic (exact) mass is 406 g/mol. The van der Waals surface area contributed by atoms with Crippen molar-refractivity contribution in [2.24, 2.45) is 13.0 Å². The van der Waals surface area contributed by atoms with Gasteiger partial charge < -0.3 is 10.2 Å². The Morgan fingerprint density at radius 2 is 2.12 bits per heavy atom. The Bertz CT molecular complexity index is 863. The summed E-state index contributed by atoms with van der Waals surface area (Å²) in [4.78, 5) is 26.3. The van der Waals surface area contributed by atoms with Crippen molar-refractivity contribution in [1.29, 1.82) is 0 Å². The highest BCUT2D eigenvalue weighted by atomic mass is 35.5. The zero-order valence-corrected chi connectivity index (χ0v) is 15.2. The number of likely N-dealkylation sites (N-methyl/N-ethyl adjacent to an activating group) is 1. The quantitative estimate of drug-likeness (QED) is 0.797. The van der Waals surface area contributed by atoms with Gasteiger partial charge in [-0.05, 0) is 11.4 Å². The summed E-state index contributed by atoms with van der Waals surface area (Å²) in [6, 6.07) is 1.56. The Labute approximate surface area is 155 Å². The molecule has 2 amide bonds. The maximum absolute atomic E-state index is 13.4. The van der Waals surface area contributed by atoms with Gasteiger partial charge in [0.2, 0.25) is 11.8 Å². The van der Waals surface area contributed by atoms with Crippen molar-refractivity contribution in [1.82, 2.24) is 14.7 Å². The molecule has 2 aromatic rings. The van der Waals surface area contributed by atoms with Crippen LogP contribution in [0.1, 0.15) is 17.2 Å². The van der Waals surface area contributed by atoms with Crippen molar-refractivity contribution in [2.75, 3.05) is 18.9 Å². The van der Waals surface area contributed by atoms with Gasteiger partial charge in [0.15, 0.2) is 0 Å². The van der Waals surface area contributed by atoms with Crippen LogP contribution in [0.25, 0.3) is 0 Å². The number of nitrogens with one attached hydrogen (secondary N) is 1. The van der Waals surface area contributed by atoms with Gasteiger partial charge in [-0.1, -0.05) is 11.6 Å². The summed E-state index contributed by atoms with van der Waals surface area (Å²) in [5, 5.41) is 7.86. The number of rotatable bonds is 3. The average molecular weight is 407 g/mol. The van der Waals surface area contributed by atoms with Crippen LogP contribution in [-0.4, -0.2) is 40.1 Å². The molecule has 3 heterocycles. The lowest BCUT2D eigenvalue weighted by Gasteiger charge is -2.18. The third-order valence-electron chi connectivity index (χ3n) is 4.31. The number of aryl methyl sites for hydroxylation is 1. The lowest BCUT2D eigenvalue weighted by Crippen LogP contribution is -2.33. The number of amides is 2. The van der Waals surface area contributed by atoms with Gasteiger partial charge in [-0.2, -0.15) is 18.3 Å². The molecule has 11 heteroatoms. The minimum atomic E-state index is -4.65. The third-order valence-corrected chi connectivity index (χ3v) is 5.48. The Kier molecular flexibility index (Phi) is 4.74. The molecule has 1 fully saturated rings. The smallest absolute Gasteiger partial charge is 0.344 e. The van der Waals surface area contributed by atoms with E-state index in [0.29, 0.717) is 14.7 Å². The standard InChI is InChI=1S/C15H14ClF3N4O2S/c1-22-6-8(7-5-20-23(2)11(7)15(17,18)19)10(14(22)25)13(24)21-9-3-4-26-12(9)16/h3-5,8,10H,6H2,1-2H3,(H,21,24)/t8-,10+/m1/s1. The molecule has 0 aromatic carbocycles. The van der Waals surface area contributed by atoms with E-state index in [-0.39, 0.29) is 12.1 Å². The number of hydrogen-bond donors (Lipinski definition) is 1. The second-order valence-electron chi connectivity index (χ2n) is 5.97. The number of alkyl halides is 3. The van der Waals surface area contributed by atoms with Crippen molar-refractivity contribution in [3.8, 4) is 0 Å². The highest BCUT2D eigenvalue weighted by Crippen LogP contribution is 2.41. The molecule has 140 valence electrons. The van der Waals surface area contributed by atoms with E-state index in [2.05, 4.69) is 10.4 Å². The number of carbonyl (C=O) groups excluding carboxylic acids is 2. The van der Waals surface area contributed by atoms with Gasteiger partial charge in [-0.15, -0.1) is 11.3 Å². The topological polar surface area (TPSA) is 67.2 Å². The van der Waals surface area contributed by atoms with Crippen LogP contribution in [0.5, 0.6) is 0 Å². The molecular weight excluding hydrogens is 393 g/mol. The predicted molar refractivity (Wildman–Crippen MR) is 90.0 cm³/mol. The number of carbonyl (C=O) groups is 2. The molecule has 1 aliphatic rings. The van der Waals surface area contributed by atoms with Gasteiger partial charge in [0.05, 0.1) is 11.9 Å². The average Bonchev–Trinajstić information content (AvgIpc) is 3.19. The van der Waals surface area contributed by atoms with Crippen molar-refractivity contribution in [3.63, 3.8) is 0 Å². The van der Waals surface area contributed by atoms with E-state index in [9.17, 15) is 22.8 Å². The van der Waals surface area contributed by atoms with Gasteiger partial charge in [-0.25, -0.2) is 0 Å². The van der Waals surface area contributed by atoms with Gasteiger partial charge in [-0.3, -0.25) is 14.3 Å². The molecule has 2 aromatic heterocycles. The summed E-state index contributed by atoms with van der Waals surface area (Å²) >= 11 is 7.13. The molecule has 1 aliphatic heterocycles. The fraction of sp³-hybridized carbons (Fsp3) is 0.400. The van der Waals surface area contributed by atoms with E-state index < -0.39 is 35.5 Å². The predicted octanol–water partition coefficient (Wildman–Crippen LogP) is 2.96. The maximum atomic E-state index is 13.4. The first kappa shape index (κ1) is 18.7. The maximum Gasteiger partial charge on any atom is 0.433 e. The molecular formula is C15H14ClF3N4O2S. The minimum absolute atomic E-state index is 0.0109. The Morgan fingerprint density at radius 1 is 1.42 bits per heavy atom. The molecule has 1 saturated heterocycles. The van der Waals surface area contributed by atoms with Crippen LogP contribution in [0.4, 0.5) is 18.9 Å². The van der Waals surface area contributed by atoms with Gasteiger partial charge >= 0.3 is 6.18 Å². The lowest BCUT2D eigenvalue weighted by molar-refractivity contribution is -0.145. The largest absolute Gasteiger partial charge is 0.433 e. The molecule has 2 atom stereocenters. The van der Waals surface area contributed by atoms with E-state index >= 15 is 0 Å². The minimum Gasteiger partial charge on any atom is -0.344 e. The van der Waals surface area contributed by atoms with E-state index in [1.165, 1.54) is 30.3 Å². The first-order chi connectivity index (χ1) is 12.1. The number of likely N-dealkylation sites (tertiary alicyclic amines) is 1. The molecule has 0 bridgehead atoms. The first-order valence-electron chi connectivity index (χ1n) is 7.49. The number of aromatic nitrogens is 2. The fourth-order valence-corrected chi connectivity index (χ4v) is 3.97. The van der Waals surface area contributed by atoms with Crippen LogP contribution >= 0.6 is 22.9 Å². The van der Waals surface area contributed by atoms with Crippen molar-refractivity contribution in [3.05, 3.63) is 33.2 Å². The van der Waals surface area contributed by atoms with Crippen LogP contribution in [0.2, 0.25) is 4.34 Å². The highest BCUT2D eigenvalue weighted by Gasteiger charge is 2.49. The number of anilines is 1. The molecule has 0 unspecified atom stereocenters. The highest BCUT2D eigenvalue weighted by molar-refractivity contribution is 7.15. The van der Waals surface area contributed by atoms with Crippen LogP contribution in [0, 0.1) is 5.92 Å². The van der Waals surface area contributed by atoms with Crippen molar-refractivity contribution >= 4 is 40.4 Å². The fourth-order valence-electron chi connectivity index (χ4n) is 3.14. The number of nitrogens with zero attached hydrogens (tertiary/aromatic N) is 3. The molecule has 0 saturated carbocycles. The molecule has 6 nitrogen and oxygen atoms in total. The molecule has 0 aliphatic carbocycles. The molecule has 0 radical (unpaired) electrons. The third kappa shape index (κ3) is 3.18. The van der Waals surface area contributed by atoms with E-state index in [1.54, 1.807) is 11.4 Å². The summed E-state index contributed by atoms with van der Waals surface area (Å²) in [6.45, 7) is -0.0109. The van der Waals surface area contributed by atoms with Crippen LogP contribution < -0.4 is 5.32 Å². The Balaban J connectivity index is 1.97. The summed E-state index contributed by atoms with van der Waals surface area (Å²) in [7, 11) is 2.62. The number of hydrogen-bond acceptors (Lipinski definition) is 4. The summed E-state index contributed by atoms with van der Waals surface area (Å²) in [5.74, 6) is -3.49. The number of halogens is 4. The van der Waals surface area contributed by atoms with Gasteiger partial charge in [0, 0.05) is 32.1 Å². The molecule has 1 N–H and O–H groups in total. The van der Waals surface area contributed by atoms with Crippen LogP contribution in [0.3, 0.4) is 0 Å². The first-order valence-corrected chi connectivity index (χ1v) is 8.75. The zero-order chi connectivity index (χ0) is 19.2. The van der Waals surface area contributed by atoms with E-state index in [4.69, 9.17) is 11.6 Å². The van der Waals surface area contributed by atoms with Crippen molar-refractivity contribution < 1.29 is 22.8 Å². The summed E-state index contributed by atoms with van der Waals surface area (Å²) in [5.41, 5.74) is -0.809. The molecule has 3 rings (SSSR count). The number of thiophene rings is 1.